The van der Waals surface area contributed by atoms with Crippen LogP contribution in [0.5, 0.6) is 0 Å². The fraction of sp³-hybridized carbons (Fsp3) is 0.636. The average molecular weight is 332 g/mol. The molecule has 2 aliphatic rings. The van der Waals surface area contributed by atoms with Crippen LogP contribution in [0.4, 0.5) is 8.78 Å². The van der Waals surface area contributed by atoms with E-state index in [1.165, 1.54) is 25.7 Å². The van der Waals surface area contributed by atoms with Gasteiger partial charge in [-0.2, -0.15) is 0 Å². The van der Waals surface area contributed by atoms with Crippen molar-refractivity contribution >= 4 is 0 Å². The fourth-order valence-electron chi connectivity index (χ4n) is 5.02. The molecule has 1 aromatic carbocycles. The van der Waals surface area contributed by atoms with Gasteiger partial charge in [0.1, 0.15) is 11.6 Å². The largest absolute Gasteiger partial charge is 0.207 e. The first-order chi connectivity index (χ1) is 11.6. The summed E-state index contributed by atoms with van der Waals surface area (Å²) >= 11 is 0. The highest BCUT2D eigenvalue weighted by atomic mass is 19.1. The van der Waals surface area contributed by atoms with Crippen LogP contribution in [-0.2, 0) is 6.42 Å². The molecule has 0 aromatic heterocycles. The van der Waals surface area contributed by atoms with Gasteiger partial charge in [0.2, 0.25) is 0 Å². The standard InChI is InChI=1S/C22H30F2/c1-3-5-15-7-8-17-12-18(10-9-16(17)11-15)19-13-21(23)20(6-4-2)22(24)14-19/h3,5,13-18H,4,6-12H2,1-2H3. The number of fused-ring (bicyclic) bond motifs is 1. The molecule has 0 amide bonds. The topological polar surface area (TPSA) is 0 Å². The molecule has 0 bridgehead atoms. The zero-order valence-electron chi connectivity index (χ0n) is 15.0. The molecule has 0 aliphatic heterocycles. The molecule has 0 spiro atoms. The molecule has 132 valence electrons. The summed E-state index contributed by atoms with van der Waals surface area (Å²) in [6.07, 6.45) is 13.1. The van der Waals surface area contributed by atoms with Crippen LogP contribution in [0.2, 0.25) is 0 Å². The van der Waals surface area contributed by atoms with Crippen molar-refractivity contribution in [1.29, 1.82) is 0 Å². The summed E-state index contributed by atoms with van der Waals surface area (Å²) < 4.78 is 28.5. The summed E-state index contributed by atoms with van der Waals surface area (Å²) in [6.45, 7) is 4.06. The zero-order valence-corrected chi connectivity index (χ0v) is 15.0. The molecule has 1 aromatic rings. The first kappa shape index (κ1) is 17.6. The number of hydrogen-bond donors (Lipinski definition) is 0. The summed E-state index contributed by atoms with van der Waals surface area (Å²) in [6, 6.07) is 3.23. The lowest BCUT2D eigenvalue weighted by Crippen LogP contribution is -2.30. The van der Waals surface area contributed by atoms with Gasteiger partial charge in [-0.3, -0.25) is 0 Å². The third-order valence-corrected chi connectivity index (χ3v) is 6.25. The maximum absolute atomic E-state index is 14.3. The maximum atomic E-state index is 14.3. The van der Waals surface area contributed by atoms with Crippen LogP contribution >= 0.6 is 0 Å². The van der Waals surface area contributed by atoms with Gasteiger partial charge in [-0.15, -0.1) is 0 Å². The predicted molar refractivity (Wildman–Crippen MR) is 96.1 cm³/mol. The minimum Gasteiger partial charge on any atom is -0.207 e. The van der Waals surface area contributed by atoms with Crippen LogP contribution in [0.15, 0.2) is 24.3 Å². The smallest absolute Gasteiger partial charge is 0.129 e. The lowest BCUT2D eigenvalue weighted by Gasteiger charge is -2.42. The van der Waals surface area contributed by atoms with E-state index in [-0.39, 0.29) is 17.2 Å². The second-order valence-electron chi connectivity index (χ2n) is 7.84. The van der Waals surface area contributed by atoms with Crippen molar-refractivity contribution in [2.45, 2.75) is 71.1 Å². The monoisotopic (exact) mass is 332 g/mol. The van der Waals surface area contributed by atoms with E-state index in [1.807, 2.05) is 6.92 Å². The van der Waals surface area contributed by atoms with E-state index in [0.29, 0.717) is 12.3 Å². The summed E-state index contributed by atoms with van der Waals surface area (Å²) in [5.41, 5.74) is 1.15. The molecule has 0 nitrogen and oxygen atoms in total. The zero-order chi connectivity index (χ0) is 17.1. The van der Waals surface area contributed by atoms with Gasteiger partial charge in [0.25, 0.3) is 0 Å². The highest BCUT2D eigenvalue weighted by molar-refractivity contribution is 5.29. The van der Waals surface area contributed by atoms with E-state index < -0.39 is 0 Å². The van der Waals surface area contributed by atoms with Gasteiger partial charge in [0, 0.05) is 5.56 Å². The van der Waals surface area contributed by atoms with Crippen LogP contribution in [0.1, 0.15) is 75.8 Å². The van der Waals surface area contributed by atoms with Crippen molar-refractivity contribution in [2.24, 2.45) is 17.8 Å². The third kappa shape index (κ3) is 3.73. The van der Waals surface area contributed by atoms with Crippen LogP contribution in [0.3, 0.4) is 0 Å². The summed E-state index contributed by atoms with van der Waals surface area (Å²) in [7, 11) is 0. The normalized spacial score (nSPS) is 30.5. The molecular formula is C22H30F2. The van der Waals surface area contributed by atoms with Crippen molar-refractivity contribution in [3.63, 3.8) is 0 Å². The highest BCUT2D eigenvalue weighted by Crippen LogP contribution is 2.48. The number of allylic oxidation sites excluding steroid dienone is 2. The molecule has 0 radical (unpaired) electrons. The molecule has 0 heterocycles. The van der Waals surface area contributed by atoms with Gasteiger partial charge in [0.15, 0.2) is 0 Å². The molecule has 2 saturated carbocycles. The maximum Gasteiger partial charge on any atom is 0.129 e. The van der Waals surface area contributed by atoms with Crippen LogP contribution in [0, 0.1) is 29.4 Å². The Hall–Kier alpha value is -1.18. The van der Waals surface area contributed by atoms with Gasteiger partial charge in [0.05, 0.1) is 0 Å². The summed E-state index contributed by atoms with van der Waals surface area (Å²) in [5.74, 6) is 1.95. The summed E-state index contributed by atoms with van der Waals surface area (Å²) in [4.78, 5) is 0. The van der Waals surface area contributed by atoms with E-state index >= 15 is 0 Å². The van der Waals surface area contributed by atoms with E-state index in [0.717, 1.165) is 42.6 Å². The fourth-order valence-corrected chi connectivity index (χ4v) is 5.02. The Morgan fingerprint density at radius 1 is 1.00 bits per heavy atom. The van der Waals surface area contributed by atoms with Gasteiger partial charge in [-0.25, -0.2) is 8.78 Å². The number of benzene rings is 1. The highest BCUT2D eigenvalue weighted by Gasteiger charge is 2.35. The Morgan fingerprint density at radius 2 is 1.67 bits per heavy atom. The lowest BCUT2D eigenvalue weighted by atomic mass is 9.64. The molecule has 24 heavy (non-hydrogen) atoms. The van der Waals surface area contributed by atoms with Crippen LogP contribution in [-0.4, -0.2) is 0 Å². The second kappa shape index (κ2) is 7.80. The molecule has 2 aliphatic carbocycles. The molecular weight excluding hydrogens is 302 g/mol. The van der Waals surface area contributed by atoms with Gasteiger partial charge >= 0.3 is 0 Å². The molecule has 3 rings (SSSR count). The van der Waals surface area contributed by atoms with Crippen LogP contribution in [0.25, 0.3) is 0 Å². The Balaban J connectivity index is 1.70. The molecule has 2 heteroatoms. The molecule has 2 fully saturated rings. The lowest BCUT2D eigenvalue weighted by molar-refractivity contribution is 0.133. The Kier molecular flexibility index (Phi) is 5.73. The Bertz CT molecular complexity index is 567. The first-order valence-corrected chi connectivity index (χ1v) is 9.73. The molecule has 0 N–H and O–H groups in total. The van der Waals surface area contributed by atoms with Gasteiger partial charge in [-0.1, -0.05) is 25.5 Å². The average Bonchev–Trinajstić information content (AvgIpc) is 2.58. The first-order valence-electron chi connectivity index (χ1n) is 9.73. The van der Waals surface area contributed by atoms with Crippen molar-refractivity contribution in [3.8, 4) is 0 Å². The minimum absolute atomic E-state index is 0.266. The SMILES string of the molecule is CC=CC1CCC2CC(c3cc(F)c(CCC)c(F)c3)CCC2C1. The number of rotatable bonds is 4. The van der Waals surface area contributed by atoms with E-state index in [4.69, 9.17) is 0 Å². The summed E-state index contributed by atoms with van der Waals surface area (Å²) in [5, 5.41) is 0. The van der Waals surface area contributed by atoms with Crippen LogP contribution < -0.4 is 0 Å². The van der Waals surface area contributed by atoms with Crippen molar-refractivity contribution in [1.82, 2.24) is 0 Å². The van der Waals surface area contributed by atoms with E-state index in [9.17, 15) is 8.78 Å². The van der Waals surface area contributed by atoms with Crippen molar-refractivity contribution in [2.75, 3.05) is 0 Å². The number of halogens is 2. The van der Waals surface area contributed by atoms with Gasteiger partial charge in [-0.05, 0) is 93.2 Å². The van der Waals surface area contributed by atoms with Crippen molar-refractivity contribution < 1.29 is 8.78 Å². The molecule has 4 atom stereocenters. The quantitative estimate of drug-likeness (QED) is 0.532. The van der Waals surface area contributed by atoms with E-state index in [2.05, 4.69) is 19.1 Å². The third-order valence-electron chi connectivity index (χ3n) is 6.25. The number of hydrogen-bond acceptors (Lipinski definition) is 0. The predicted octanol–water partition coefficient (Wildman–Crippen LogP) is 6.79. The Labute approximate surface area is 145 Å². The van der Waals surface area contributed by atoms with Crippen molar-refractivity contribution in [3.05, 3.63) is 47.0 Å². The van der Waals surface area contributed by atoms with Gasteiger partial charge < -0.3 is 0 Å². The minimum atomic E-state index is -0.342. The second-order valence-corrected chi connectivity index (χ2v) is 7.84. The molecule has 4 unspecified atom stereocenters. The molecule has 0 saturated heterocycles. The Morgan fingerprint density at radius 3 is 2.33 bits per heavy atom. The van der Waals surface area contributed by atoms with E-state index in [1.54, 1.807) is 12.1 Å².